The summed E-state index contributed by atoms with van der Waals surface area (Å²) in [7, 11) is 0. The van der Waals surface area contributed by atoms with Crippen LogP contribution in [0.4, 0.5) is 0 Å². The van der Waals surface area contributed by atoms with Gasteiger partial charge in [0.05, 0.1) is 19.3 Å². The number of hydrazine groups is 1. The van der Waals surface area contributed by atoms with E-state index in [1.54, 1.807) is 0 Å². The number of rotatable bonds is 6. The minimum Gasteiger partial charge on any atom is -0.490 e. The molecule has 19 heavy (non-hydrogen) atoms. The molecule has 0 aromatic heterocycles. The summed E-state index contributed by atoms with van der Waals surface area (Å²) in [5.41, 5.74) is 4.03. The van der Waals surface area contributed by atoms with Gasteiger partial charge in [0.2, 0.25) is 0 Å². The molecule has 1 unspecified atom stereocenters. The Morgan fingerprint density at radius 2 is 2.11 bits per heavy atom. The number of fused-ring (bicyclic) bond motifs is 1. The number of ether oxygens (including phenoxy) is 2. The molecule has 0 saturated carbocycles. The van der Waals surface area contributed by atoms with Gasteiger partial charge in [0.25, 0.3) is 0 Å². The summed E-state index contributed by atoms with van der Waals surface area (Å²) in [5, 5.41) is 0. The average molecular weight is 282 g/mol. The molecule has 0 saturated heterocycles. The highest BCUT2D eigenvalue weighted by Crippen LogP contribution is 2.32. The number of hydrogen-bond acceptors (Lipinski definition) is 5. The Bertz CT molecular complexity index is 401. The Hall–Kier alpha value is -0.910. The van der Waals surface area contributed by atoms with Gasteiger partial charge >= 0.3 is 0 Å². The quantitative estimate of drug-likeness (QED) is 0.477. The summed E-state index contributed by atoms with van der Waals surface area (Å²) in [4.78, 5) is 0. The summed E-state index contributed by atoms with van der Waals surface area (Å²) >= 11 is 1.91. The SMILES string of the molecule is CCCSCC(NN)c1ccc2c(c1)OCCCO2. The second kappa shape index (κ2) is 7.62. The van der Waals surface area contributed by atoms with Crippen molar-refractivity contribution >= 4 is 11.8 Å². The minimum absolute atomic E-state index is 0.147. The summed E-state index contributed by atoms with van der Waals surface area (Å²) in [6.45, 7) is 3.62. The van der Waals surface area contributed by atoms with Gasteiger partial charge in [0.1, 0.15) is 0 Å². The normalized spacial score (nSPS) is 15.9. The van der Waals surface area contributed by atoms with Gasteiger partial charge in [-0.25, -0.2) is 0 Å². The Morgan fingerprint density at radius 3 is 2.84 bits per heavy atom. The van der Waals surface area contributed by atoms with Gasteiger partial charge in [-0.15, -0.1) is 0 Å². The Labute approximate surface area is 119 Å². The summed E-state index contributed by atoms with van der Waals surface area (Å²) < 4.78 is 11.3. The molecule has 106 valence electrons. The van der Waals surface area contributed by atoms with Crippen molar-refractivity contribution in [1.82, 2.24) is 5.43 Å². The van der Waals surface area contributed by atoms with E-state index in [4.69, 9.17) is 15.3 Å². The zero-order valence-corrected chi connectivity index (χ0v) is 12.2. The summed E-state index contributed by atoms with van der Waals surface area (Å²) in [6.07, 6.45) is 2.11. The third-order valence-corrected chi connectivity index (χ3v) is 4.27. The first-order valence-electron chi connectivity index (χ1n) is 6.78. The maximum absolute atomic E-state index is 5.71. The van der Waals surface area contributed by atoms with Gasteiger partial charge in [0, 0.05) is 12.2 Å². The zero-order chi connectivity index (χ0) is 13.5. The molecule has 3 N–H and O–H groups in total. The number of hydrogen-bond donors (Lipinski definition) is 2. The molecule has 1 aromatic carbocycles. The number of nitrogens with one attached hydrogen (secondary N) is 1. The van der Waals surface area contributed by atoms with E-state index >= 15 is 0 Å². The van der Waals surface area contributed by atoms with Crippen LogP contribution in [-0.2, 0) is 0 Å². The van der Waals surface area contributed by atoms with Crippen LogP contribution in [0.3, 0.4) is 0 Å². The van der Waals surface area contributed by atoms with Gasteiger partial charge in [0.15, 0.2) is 11.5 Å². The molecule has 0 amide bonds. The standard InChI is InChI=1S/C14H22N2O2S/c1-2-8-19-10-12(16-15)11-4-5-13-14(9-11)18-7-3-6-17-13/h4-5,9,12,16H,2-3,6-8,10,15H2,1H3. The van der Waals surface area contributed by atoms with Crippen molar-refractivity contribution in [2.24, 2.45) is 5.84 Å². The molecule has 0 bridgehead atoms. The molecule has 2 rings (SSSR count). The minimum atomic E-state index is 0.147. The molecule has 5 heteroatoms. The Kier molecular flexibility index (Phi) is 5.82. The van der Waals surface area contributed by atoms with E-state index in [1.807, 2.05) is 23.9 Å². The Morgan fingerprint density at radius 1 is 1.32 bits per heavy atom. The van der Waals surface area contributed by atoms with Gasteiger partial charge in [-0.2, -0.15) is 11.8 Å². The fraction of sp³-hybridized carbons (Fsp3) is 0.571. The molecule has 0 radical (unpaired) electrons. The smallest absolute Gasteiger partial charge is 0.161 e. The first-order chi connectivity index (χ1) is 9.35. The van der Waals surface area contributed by atoms with Crippen LogP contribution in [0.5, 0.6) is 11.5 Å². The fourth-order valence-corrected chi connectivity index (χ4v) is 2.96. The molecule has 1 aliphatic heterocycles. The van der Waals surface area contributed by atoms with Crippen LogP contribution < -0.4 is 20.7 Å². The van der Waals surface area contributed by atoms with Crippen molar-refractivity contribution < 1.29 is 9.47 Å². The highest BCUT2D eigenvalue weighted by Gasteiger charge is 2.15. The molecule has 0 spiro atoms. The molecule has 1 heterocycles. The third kappa shape index (κ3) is 4.03. The first kappa shape index (κ1) is 14.5. The van der Waals surface area contributed by atoms with Gasteiger partial charge in [-0.3, -0.25) is 11.3 Å². The molecular formula is C14H22N2O2S. The molecule has 1 aromatic rings. The van der Waals surface area contributed by atoms with Crippen molar-refractivity contribution in [3.05, 3.63) is 23.8 Å². The lowest BCUT2D eigenvalue weighted by Gasteiger charge is -2.17. The zero-order valence-electron chi connectivity index (χ0n) is 11.4. The average Bonchev–Trinajstić information content (AvgIpc) is 2.68. The summed E-state index contributed by atoms with van der Waals surface area (Å²) in [5.74, 6) is 9.44. The highest BCUT2D eigenvalue weighted by atomic mass is 32.2. The third-order valence-electron chi connectivity index (χ3n) is 3.01. The topological polar surface area (TPSA) is 56.5 Å². The van der Waals surface area contributed by atoms with E-state index in [-0.39, 0.29) is 6.04 Å². The van der Waals surface area contributed by atoms with E-state index in [2.05, 4.69) is 18.4 Å². The van der Waals surface area contributed by atoms with E-state index in [0.717, 1.165) is 41.6 Å². The molecule has 4 nitrogen and oxygen atoms in total. The Balaban J connectivity index is 2.08. The second-order valence-electron chi connectivity index (χ2n) is 4.55. The van der Waals surface area contributed by atoms with Crippen molar-refractivity contribution in [2.45, 2.75) is 25.8 Å². The molecule has 0 fully saturated rings. The maximum atomic E-state index is 5.71. The summed E-state index contributed by atoms with van der Waals surface area (Å²) in [6, 6.07) is 6.22. The molecule has 0 aliphatic carbocycles. The molecule has 1 aliphatic rings. The van der Waals surface area contributed by atoms with Crippen LogP contribution >= 0.6 is 11.8 Å². The van der Waals surface area contributed by atoms with Crippen LogP contribution in [0.15, 0.2) is 18.2 Å². The lowest BCUT2D eigenvalue weighted by molar-refractivity contribution is 0.297. The highest BCUT2D eigenvalue weighted by molar-refractivity contribution is 7.99. The fourth-order valence-electron chi connectivity index (χ4n) is 1.98. The second-order valence-corrected chi connectivity index (χ2v) is 5.70. The van der Waals surface area contributed by atoms with Crippen molar-refractivity contribution in [3.8, 4) is 11.5 Å². The van der Waals surface area contributed by atoms with Crippen LogP contribution in [0.25, 0.3) is 0 Å². The first-order valence-corrected chi connectivity index (χ1v) is 7.94. The number of nitrogens with two attached hydrogens (primary N) is 1. The van der Waals surface area contributed by atoms with Crippen LogP contribution in [0, 0.1) is 0 Å². The molecule has 1 atom stereocenters. The van der Waals surface area contributed by atoms with Gasteiger partial charge < -0.3 is 9.47 Å². The van der Waals surface area contributed by atoms with Crippen molar-refractivity contribution in [2.75, 3.05) is 24.7 Å². The predicted octanol–water partition coefficient (Wildman–Crippen LogP) is 2.50. The van der Waals surface area contributed by atoms with E-state index in [9.17, 15) is 0 Å². The molecular weight excluding hydrogens is 260 g/mol. The lowest BCUT2D eigenvalue weighted by Crippen LogP contribution is -2.29. The number of thioether (sulfide) groups is 1. The number of benzene rings is 1. The largest absolute Gasteiger partial charge is 0.490 e. The van der Waals surface area contributed by atoms with E-state index < -0.39 is 0 Å². The van der Waals surface area contributed by atoms with Gasteiger partial charge in [-0.1, -0.05) is 13.0 Å². The van der Waals surface area contributed by atoms with E-state index in [1.165, 1.54) is 6.42 Å². The van der Waals surface area contributed by atoms with E-state index in [0.29, 0.717) is 6.61 Å². The van der Waals surface area contributed by atoms with Crippen LogP contribution in [0.2, 0.25) is 0 Å². The van der Waals surface area contributed by atoms with Crippen LogP contribution in [-0.4, -0.2) is 24.7 Å². The lowest BCUT2D eigenvalue weighted by atomic mass is 10.1. The van der Waals surface area contributed by atoms with Crippen molar-refractivity contribution in [3.63, 3.8) is 0 Å². The maximum Gasteiger partial charge on any atom is 0.161 e. The van der Waals surface area contributed by atoms with Crippen molar-refractivity contribution in [1.29, 1.82) is 0 Å². The van der Waals surface area contributed by atoms with Gasteiger partial charge in [-0.05, 0) is 29.9 Å². The van der Waals surface area contributed by atoms with Crippen LogP contribution in [0.1, 0.15) is 31.4 Å². The monoisotopic (exact) mass is 282 g/mol. The predicted molar refractivity (Wildman–Crippen MR) is 79.7 cm³/mol.